The van der Waals surface area contributed by atoms with Gasteiger partial charge in [0.25, 0.3) is 0 Å². The summed E-state index contributed by atoms with van der Waals surface area (Å²) >= 11 is 0. The van der Waals surface area contributed by atoms with Crippen molar-refractivity contribution >= 4 is 16.8 Å². The minimum Gasteiger partial charge on any atom is -0.358 e. The largest absolute Gasteiger partial charge is 0.358 e. The third-order valence-corrected chi connectivity index (χ3v) is 5.41. The molecular formula is C20H29N3O. The lowest BCUT2D eigenvalue weighted by molar-refractivity contribution is -0.132. The van der Waals surface area contributed by atoms with Gasteiger partial charge in [0.2, 0.25) is 5.91 Å². The van der Waals surface area contributed by atoms with Crippen LogP contribution in [0.2, 0.25) is 0 Å². The zero-order valence-electron chi connectivity index (χ0n) is 15.1. The Hall–Kier alpha value is -1.81. The van der Waals surface area contributed by atoms with Crippen molar-refractivity contribution in [3.05, 3.63) is 35.5 Å². The van der Waals surface area contributed by atoms with E-state index in [-0.39, 0.29) is 5.91 Å². The van der Waals surface area contributed by atoms with Crippen molar-refractivity contribution in [2.24, 2.45) is 0 Å². The summed E-state index contributed by atoms with van der Waals surface area (Å²) in [5.41, 5.74) is 4.03. The van der Waals surface area contributed by atoms with Crippen LogP contribution in [0.3, 0.4) is 0 Å². The van der Waals surface area contributed by atoms with Gasteiger partial charge in [-0.15, -0.1) is 0 Å². The standard InChI is InChI=1S/C20H29N3O/c1-4-23(5-2)19(24)14-22-12-10-16(11-13-22)20-15(3)21-18-9-7-6-8-17(18)20/h6-9,16,21H,4-5,10-14H2,1-3H3. The van der Waals surface area contributed by atoms with Gasteiger partial charge in [0.15, 0.2) is 0 Å². The Balaban J connectivity index is 1.65. The number of piperidine rings is 1. The Kier molecular flexibility index (Phi) is 5.24. The van der Waals surface area contributed by atoms with Crippen LogP contribution in [-0.4, -0.2) is 53.4 Å². The maximum absolute atomic E-state index is 12.3. The molecule has 2 heterocycles. The van der Waals surface area contributed by atoms with Crippen molar-refractivity contribution in [3.8, 4) is 0 Å². The zero-order valence-corrected chi connectivity index (χ0v) is 15.1. The van der Waals surface area contributed by atoms with E-state index in [0.29, 0.717) is 12.5 Å². The average Bonchev–Trinajstić information content (AvgIpc) is 2.92. The molecule has 0 radical (unpaired) electrons. The van der Waals surface area contributed by atoms with E-state index in [0.717, 1.165) is 39.0 Å². The number of hydrogen-bond acceptors (Lipinski definition) is 2. The van der Waals surface area contributed by atoms with Crippen LogP contribution in [-0.2, 0) is 4.79 Å². The Morgan fingerprint density at radius 3 is 2.54 bits per heavy atom. The number of benzene rings is 1. The van der Waals surface area contributed by atoms with Gasteiger partial charge in [0.1, 0.15) is 0 Å². The summed E-state index contributed by atoms with van der Waals surface area (Å²) in [6.07, 6.45) is 2.27. The molecule has 1 aromatic heterocycles. The second-order valence-electron chi connectivity index (χ2n) is 6.83. The molecule has 0 unspecified atom stereocenters. The van der Waals surface area contributed by atoms with Gasteiger partial charge < -0.3 is 9.88 Å². The van der Waals surface area contributed by atoms with Crippen LogP contribution >= 0.6 is 0 Å². The minimum absolute atomic E-state index is 0.265. The van der Waals surface area contributed by atoms with Gasteiger partial charge >= 0.3 is 0 Å². The monoisotopic (exact) mass is 327 g/mol. The Morgan fingerprint density at radius 1 is 1.21 bits per heavy atom. The molecule has 4 heteroatoms. The quantitative estimate of drug-likeness (QED) is 0.912. The molecule has 1 aliphatic heterocycles. The number of carbonyl (C=O) groups is 1. The molecule has 1 N–H and O–H groups in total. The van der Waals surface area contributed by atoms with Crippen molar-refractivity contribution in [2.45, 2.75) is 39.5 Å². The number of aromatic amines is 1. The molecule has 1 saturated heterocycles. The summed E-state index contributed by atoms with van der Waals surface area (Å²) in [5, 5.41) is 1.37. The molecule has 130 valence electrons. The van der Waals surface area contributed by atoms with E-state index in [9.17, 15) is 4.79 Å². The lowest BCUT2D eigenvalue weighted by Gasteiger charge is -2.33. The number of aromatic nitrogens is 1. The number of rotatable bonds is 5. The fourth-order valence-electron chi connectivity index (χ4n) is 4.07. The van der Waals surface area contributed by atoms with Gasteiger partial charge in [0, 0.05) is 29.7 Å². The molecular weight excluding hydrogens is 298 g/mol. The van der Waals surface area contributed by atoms with Crippen LogP contribution in [0.4, 0.5) is 0 Å². The van der Waals surface area contributed by atoms with E-state index in [2.05, 4.69) is 41.1 Å². The average molecular weight is 327 g/mol. The highest BCUT2D eigenvalue weighted by molar-refractivity contribution is 5.85. The fraction of sp³-hybridized carbons (Fsp3) is 0.550. The number of nitrogens with zero attached hydrogens (tertiary/aromatic N) is 2. The first kappa shape index (κ1) is 17.0. The molecule has 0 saturated carbocycles. The predicted molar refractivity (Wildman–Crippen MR) is 99.4 cm³/mol. The van der Waals surface area contributed by atoms with Gasteiger partial charge in [-0.05, 0) is 64.3 Å². The number of aryl methyl sites for hydroxylation is 1. The number of nitrogens with one attached hydrogen (secondary N) is 1. The van der Waals surface area contributed by atoms with E-state index in [1.807, 2.05) is 18.7 Å². The van der Waals surface area contributed by atoms with Crippen molar-refractivity contribution in [1.82, 2.24) is 14.8 Å². The highest BCUT2D eigenvalue weighted by atomic mass is 16.2. The minimum atomic E-state index is 0.265. The molecule has 1 amide bonds. The number of likely N-dealkylation sites (tertiary alicyclic amines) is 1. The summed E-state index contributed by atoms with van der Waals surface area (Å²) in [6, 6.07) is 8.59. The second-order valence-corrected chi connectivity index (χ2v) is 6.83. The summed E-state index contributed by atoms with van der Waals surface area (Å²) < 4.78 is 0. The van der Waals surface area contributed by atoms with E-state index >= 15 is 0 Å². The van der Waals surface area contributed by atoms with E-state index in [4.69, 9.17) is 0 Å². The fourth-order valence-corrected chi connectivity index (χ4v) is 4.07. The molecule has 0 spiro atoms. The third kappa shape index (κ3) is 3.34. The molecule has 2 aromatic rings. The van der Waals surface area contributed by atoms with E-state index in [1.54, 1.807) is 0 Å². The molecule has 1 fully saturated rings. The molecule has 1 aromatic carbocycles. The van der Waals surface area contributed by atoms with Crippen LogP contribution < -0.4 is 0 Å². The van der Waals surface area contributed by atoms with Gasteiger partial charge in [-0.25, -0.2) is 0 Å². The second kappa shape index (κ2) is 7.39. The Bertz CT molecular complexity index is 694. The smallest absolute Gasteiger partial charge is 0.236 e. The molecule has 1 aliphatic rings. The molecule has 0 bridgehead atoms. The van der Waals surface area contributed by atoms with Crippen molar-refractivity contribution in [2.75, 3.05) is 32.7 Å². The SMILES string of the molecule is CCN(CC)C(=O)CN1CCC(c2c(C)[nH]c3ccccc23)CC1. The highest BCUT2D eigenvalue weighted by Crippen LogP contribution is 2.35. The number of H-pyrrole nitrogens is 1. The normalized spacial score (nSPS) is 16.6. The number of carbonyl (C=O) groups excluding carboxylic acids is 1. The summed E-state index contributed by atoms with van der Waals surface area (Å²) in [4.78, 5) is 20.1. The molecule has 24 heavy (non-hydrogen) atoms. The number of amides is 1. The van der Waals surface area contributed by atoms with Crippen LogP contribution in [0, 0.1) is 6.92 Å². The molecule has 3 rings (SSSR count). The zero-order chi connectivity index (χ0) is 17.1. The third-order valence-electron chi connectivity index (χ3n) is 5.41. The van der Waals surface area contributed by atoms with Gasteiger partial charge in [0.05, 0.1) is 6.54 Å². The first-order valence-corrected chi connectivity index (χ1v) is 9.21. The van der Waals surface area contributed by atoms with Crippen molar-refractivity contribution in [3.63, 3.8) is 0 Å². The number of hydrogen-bond donors (Lipinski definition) is 1. The maximum atomic E-state index is 12.3. The molecule has 4 nitrogen and oxygen atoms in total. The van der Waals surface area contributed by atoms with E-state index < -0.39 is 0 Å². The summed E-state index contributed by atoms with van der Waals surface area (Å²) in [5.74, 6) is 0.864. The Labute approximate surface area is 144 Å². The first-order chi connectivity index (χ1) is 11.6. The van der Waals surface area contributed by atoms with E-state index in [1.165, 1.54) is 22.2 Å². The summed E-state index contributed by atoms with van der Waals surface area (Å²) in [7, 11) is 0. The van der Waals surface area contributed by atoms with Crippen LogP contribution in [0.25, 0.3) is 10.9 Å². The predicted octanol–water partition coefficient (Wildman–Crippen LogP) is 3.52. The van der Waals surface area contributed by atoms with Crippen molar-refractivity contribution < 1.29 is 4.79 Å². The summed E-state index contributed by atoms with van der Waals surface area (Å²) in [6.45, 7) is 10.5. The number of likely N-dealkylation sites (N-methyl/N-ethyl adjacent to an activating group) is 1. The topological polar surface area (TPSA) is 39.3 Å². The van der Waals surface area contributed by atoms with Gasteiger partial charge in [-0.2, -0.15) is 0 Å². The number of fused-ring (bicyclic) bond motifs is 1. The highest BCUT2D eigenvalue weighted by Gasteiger charge is 2.26. The Morgan fingerprint density at radius 2 is 1.88 bits per heavy atom. The van der Waals surface area contributed by atoms with Crippen LogP contribution in [0.1, 0.15) is 43.9 Å². The lowest BCUT2D eigenvalue weighted by atomic mass is 9.87. The van der Waals surface area contributed by atoms with Crippen LogP contribution in [0.15, 0.2) is 24.3 Å². The molecule has 0 aliphatic carbocycles. The maximum Gasteiger partial charge on any atom is 0.236 e. The van der Waals surface area contributed by atoms with Gasteiger partial charge in [-0.1, -0.05) is 18.2 Å². The van der Waals surface area contributed by atoms with Crippen LogP contribution in [0.5, 0.6) is 0 Å². The molecule has 0 atom stereocenters. The van der Waals surface area contributed by atoms with Gasteiger partial charge in [-0.3, -0.25) is 9.69 Å². The first-order valence-electron chi connectivity index (χ1n) is 9.21. The van der Waals surface area contributed by atoms with Crippen molar-refractivity contribution in [1.29, 1.82) is 0 Å². The number of para-hydroxylation sites is 1. The lowest BCUT2D eigenvalue weighted by Crippen LogP contribution is -2.43.